The topological polar surface area (TPSA) is 41.9 Å². The summed E-state index contributed by atoms with van der Waals surface area (Å²) in [6.07, 6.45) is 3.00. The average Bonchev–Trinajstić information content (AvgIpc) is 2.98. The van der Waals surface area contributed by atoms with Crippen LogP contribution in [0.2, 0.25) is 0 Å². The van der Waals surface area contributed by atoms with Crippen molar-refractivity contribution in [2.24, 2.45) is 5.10 Å². The number of nitrogens with zero attached hydrogens (tertiary/aromatic N) is 2. The Bertz CT molecular complexity index is 1130. The Morgan fingerprint density at radius 2 is 1.55 bits per heavy atom. The third-order valence-electron chi connectivity index (χ3n) is 4.14. The monoisotopic (exact) mass is 660 g/mol. The molecule has 0 spiro atoms. The number of benzene rings is 2. The molecule has 1 heterocycles. The first-order chi connectivity index (χ1) is 14.6. The molecule has 1 aliphatic rings. The van der Waals surface area contributed by atoms with Crippen molar-refractivity contribution in [3.8, 4) is 5.75 Å². The Kier molecular flexibility index (Phi) is 7.03. The second-order valence-corrected chi connectivity index (χ2v) is 8.52. The number of halogens is 7. The van der Waals surface area contributed by atoms with Crippen molar-refractivity contribution >= 4 is 68.6 Å². The zero-order chi connectivity index (χ0) is 23.0. The van der Waals surface area contributed by atoms with Gasteiger partial charge in [0.1, 0.15) is 18.0 Å². The number of hydrazone groups is 1. The summed E-state index contributed by atoms with van der Waals surface area (Å²) in [6.45, 7) is 5.26. The van der Waals surface area contributed by atoms with Gasteiger partial charge in [-0.3, -0.25) is 4.79 Å². The SMILES string of the molecule is C=CCOc1c(I)cc(/C=C2/C(=O)N(c3c(F)c(F)c(F)c(F)c3F)N=C2C)cc1I. The van der Waals surface area contributed by atoms with Gasteiger partial charge in [0.05, 0.1) is 18.4 Å². The van der Waals surface area contributed by atoms with E-state index in [1.807, 2.05) is 45.2 Å². The molecule has 0 N–H and O–H groups in total. The summed E-state index contributed by atoms with van der Waals surface area (Å²) >= 11 is 4.09. The van der Waals surface area contributed by atoms with E-state index in [0.717, 1.165) is 7.14 Å². The van der Waals surface area contributed by atoms with Gasteiger partial charge in [-0.15, -0.1) is 0 Å². The third kappa shape index (κ3) is 4.33. The van der Waals surface area contributed by atoms with Gasteiger partial charge in [0.15, 0.2) is 23.3 Å². The summed E-state index contributed by atoms with van der Waals surface area (Å²) in [7, 11) is 0. The quantitative estimate of drug-likeness (QED) is 0.0993. The van der Waals surface area contributed by atoms with E-state index in [4.69, 9.17) is 4.74 Å². The Hall–Kier alpha value is -2.03. The molecule has 1 aliphatic heterocycles. The first-order valence-electron chi connectivity index (χ1n) is 8.44. The maximum absolute atomic E-state index is 14.1. The fourth-order valence-corrected chi connectivity index (χ4v) is 4.85. The lowest BCUT2D eigenvalue weighted by Crippen LogP contribution is -2.25. The van der Waals surface area contributed by atoms with Crippen LogP contribution in [0.1, 0.15) is 12.5 Å². The number of carbonyl (C=O) groups excluding carboxylic acids is 1. The maximum Gasteiger partial charge on any atom is 0.280 e. The van der Waals surface area contributed by atoms with Crippen LogP contribution >= 0.6 is 45.2 Å². The standard InChI is InChI=1S/C20H11F5I2N2O2/c1-3-4-31-19-11(26)6-9(7-12(19)27)5-10-8(2)28-29(20(10)30)18-16(24)14(22)13(21)15(23)17(18)25/h3,5-7H,1,4H2,2H3/b10-5+. The van der Waals surface area contributed by atoms with Gasteiger partial charge in [0.2, 0.25) is 5.82 Å². The lowest BCUT2D eigenvalue weighted by Gasteiger charge is -2.15. The van der Waals surface area contributed by atoms with Gasteiger partial charge in [0.25, 0.3) is 5.91 Å². The molecule has 11 heteroatoms. The van der Waals surface area contributed by atoms with Crippen LogP contribution in [0.15, 0.2) is 35.5 Å². The first kappa shape index (κ1) is 23.6. The van der Waals surface area contributed by atoms with Crippen molar-refractivity contribution in [1.82, 2.24) is 0 Å². The molecule has 0 unspecified atom stereocenters. The molecule has 0 aliphatic carbocycles. The highest BCUT2D eigenvalue weighted by molar-refractivity contribution is 14.1. The lowest BCUT2D eigenvalue weighted by molar-refractivity contribution is -0.114. The predicted molar refractivity (Wildman–Crippen MR) is 122 cm³/mol. The molecule has 3 rings (SSSR count). The van der Waals surface area contributed by atoms with Gasteiger partial charge >= 0.3 is 0 Å². The van der Waals surface area contributed by atoms with Crippen molar-refractivity contribution in [1.29, 1.82) is 0 Å². The third-order valence-corrected chi connectivity index (χ3v) is 5.74. The molecule has 0 bridgehead atoms. The van der Waals surface area contributed by atoms with Gasteiger partial charge in [-0.2, -0.15) is 10.1 Å². The van der Waals surface area contributed by atoms with Gasteiger partial charge in [-0.25, -0.2) is 22.0 Å². The molecule has 162 valence electrons. The highest BCUT2D eigenvalue weighted by atomic mass is 127. The van der Waals surface area contributed by atoms with Gasteiger partial charge in [-0.05, 0) is 75.9 Å². The van der Waals surface area contributed by atoms with E-state index >= 15 is 0 Å². The second-order valence-electron chi connectivity index (χ2n) is 6.19. The van der Waals surface area contributed by atoms with E-state index in [1.165, 1.54) is 13.0 Å². The molecule has 0 atom stereocenters. The lowest BCUT2D eigenvalue weighted by atomic mass is 10.1. The van der Waals surface area contributed by atoms with Crippen molar-refractivity contribution < 1.29 is 31.5 Å². The number of anilines is 1. The Labute approximate surface area is 200 Å². The maximum atomic E-state index is 14.1. The first-order valence-corrected chi connectivity index (χ1v) is 10.6. The van der Waals surface area contributed by atoms with Crippen LogP contribution in [0.5, 0.6) is 5.75 Å². The summed E-state index contributed by atoms with van der Waals surface area (Å²) in [5.74, 6) is -11.3. The second kappa shape index (κ2) is 9.22. The van der Waals surface area contributed by atoms with E-state index in [1.54, 1.807) is 18.2 Å². The summed E-state index contributed by atoms with van der Waals surface area (Å²) in [4.78, 5) is 12.7. The largest absolute Gasteiger partial charge is 0.487 e. The summed E-state index contributed by atoms with van der Waals surface area (Å²) in [5, 5.41) is 3.89. The van der Waals surface area contributed by atoms with Gasteiger partial charge < -0.3 is 4.74 Å². The molecular weight excluding hydrogens is 649 g/mol. The predicted octanol–water partition coefficient (Wildman–Crippen LogP) is 5.96. The molecule has 0 aromatic heterocycles. The van der Waals surface area contributed by atoms with Crippen molar-refractivity contribution in [3.05, 3.63) is 72.2 Å². The normalized spacial score (nSPS) is 15.0. The minimum atomic E-state index is -2.32. The van der Waals surface area contributed by atoms with Crippen molar-refractivity contribution in [3.63, 3.8) is 0 Å². The van der Waals surface area contributed by atoms with Crippen LogP contribution < -0.4 is 9.75 Å². The van der Waals surface area contributed by atoms with E-state index < -0.39 is 40.7 Å². The summed E-state index contributed by atoms with van der Waals surface area (Å²) in [5.41, 5.74) is -0.889. The van der Waals surface area contributed by atoms with Gasteiger partial charge in [0, 0.05) is 0 Å². The fraction of sp³-hybridized carbons (Fsp3) is 0.100. The number of hydrogen-bond donors (Lipinski definition) is 0. The van der Waals surface area contributed by atoms with Crippen LogP contribution in [0, 0.1) is 36.2 Å². The Morgan fingerprint density at radius 1 is 1.03 bits per heavy atom. The molecule has 0 saturated heterocycles. The zero-order valence-electron chi connectivity index (χ0n) is 15.6. The summed E-state index contributed by atoms with van der Waals surface area (Å²) in [6, 6.07) is 3.41. The van der Waals surface area contributed by atoms with Crippen molar-refractivity contribution in [2.75, 3.05) is 11.6 Å². The molecule has 0 saturated carbocycles. The minimum Gasteiger partial charge on any atom is -0.487 e. The fourth-order valence-electron chi connectivity index (χ4n) is 2.72. The number of rotatable bonds is 5. The number of carbonyl (C=O) groups is 1. The number of ether oxygens (including phenoxy) is 1. The molecule has 4 nitrogen and oxygen atoms in total. The molecular formula is C20H11F5I2N2O2. The van der Waals surface area contributed by atoms with Gasteiger partial charge in [-0.1, -0.05) is 12.7 Å². The molecule has 0 fully saturated rings. The minimum absolute atomic E-state index is 0.0472. The molecule has 2 aromatic rings. The average molecular weight is 660 g/mol. The molecule has 31 heavy (non-hydrogen) atoms. The van der Waals surface area contributed by atoms with Crippen molar-refractivity contribution in [2.45, 2.75) is 6.92 Å². The zero-order valence-corrected chi connectivity index (χ0v) is 19.9. The van der Waals surface area contributed by atoms with E-state index in [2.05, 4.69) is 11.7 Å². The van der Waals surface area contributed by atoms with Crippen LogP contribution in [0.4, 0.5) is 27.6 Å². The van der Waals surface area contributed by atoms with E-state index in [0.29, 0.717) is 17.9 Å². The Balaban J connectivity index is 2.03. The van der Waals surface area contributed by atoms with Crippen LogP contribution in [-0.4, -0.2) is 18.2 Å². The summed E-state index contributed by atoms with van der Waals surface area (Å²) < 4.78 is 75.7. The molecule has 1 amide bonds. The molecule has 2 aromatic carbocycles. The highest BCUT2D eigenvalue weighted by Crippen LogP contribution is 2.35. The van der Waals surface area contributed by atoms with Crippen LogP contribution in [0.25, 0.3) is 6.08 Å². The van der Waals surface area contributed by atoms with Crippen LogP contribution in [-0.2, 0) is 4.79 Å². The Morgan fingerprint density at radius 3 is 2.06 bits per heavy atom. The molecule has 0 radical (unpaired) electrons. The highest BCUT2D eigenvalue weighted by Gasteiger charge is 2.37. The van der Waals surface area contributed by atoms with Crippen LogP contribution in [0.3, 0.4) is 0 Å². The van der Waals surface area contributed by atoms with E-state index in [9.17, 15) is 26.7 Å². The number of hydrogen-bond acceptors (Lipinski definition) is 3. The van der Waals surface area contributed by atoms with E-state index in [-0.39, 0.29) is 16.3 Å². The smallest absolute Gasteiger partial charge is 0.280 e. The number of amides is 1.